The van der Waals surface area contributed by atoms with Gasteiger partial charge in [0.15, 0.2) is 0 Å². The van der Waals surface area contributed by atoms with Gasteiger partial charge in [0.05, 0.1) is 0 Å². The number of benzene rings is 2. The van der Waals surface area contributed by atoms with Gasteiger partial charge in [-0.15, -0.1) is 12.4 Å². The van der Waals surface area contributed by atoms with Crippen LogP contribution in [-0.2, 0) is 6.42 Å². The summed E-state index contributed by atoms with van der Waals surface area (Å²) in [4.78, 5) is 2.68. The quantitative estimate of drug-likeness (QED) is 0.778. The van der Waals surface area contributed by atoms with Crippen molar-refractivity contribution in [2.45, 2.75) is 38.3 Å². The van der Waals surface area contributed by atoms with Crippen molar-refractivity contribution in [1.29, 1.82) is 0 Å². The monoisotopic (exact) mass is 301 g/mol. The van der Waals surface area contributed by atoms with Gasteiger partial charge in [0.2, 0.25) is 0 Å². The molecule has 1 saturated heterocycles. The van der Waals surface area contributed by atoms with E-state index in [1.54, 1.807) is 0 Å². The van der Waals surface area contributed by atoms with Crippen LogP contribution in [0.1, 0.15) is 36.9 Å². The van der Waals surface area contributed by atoms with Gasteiger partial charge in [-0.2, -0.15) is 0 Å². The first-order valence-corrected chi connectivity index (χ1v) is 7.73. The first-order chi connectivity index (χ1) is 9.88. The molecule has 112 valence electrons. The lowest BCUT2D eigenvalue weighted by molar-refractivity contribution is 0.203. The molecule has 2 atom stereocenters. The fourth-order valence-corrected chi connectivity index (χ4v) is 3.55. The van der Waals surface area contributed by atoms with Gasteiger partial charge in [-0.1, -0.05) is 67.6 Å². The zero-order valence-electron chi connectivity index (χ0n) is 12.6. The minimum absolute atomic E-state index is 0. The third-order valence-corrected chi connectivity index (χ3v) is 4.51. The van der Waals surface area contributed by atoms with Crippen LogP contribution in [0.4, 0.5) is 0 Å². The molecule has 1 fully saturated rings. The summed E-state index contributed by atoms with van der Waals surface area (Å²) in [6.45, 7) is 3.43. The molecular formula is C19H24ClN. The smallest absolute Gasteiger partial charge is 0.0351 e. The molecule has 2 aromatic rings. The van der Waals surface area contributed by atoms with E-state index in [4.69, 9.17) is 0 Å². The minimum Gasteiger partial charge on any atom is -0.293 e. The Bertz CT molecular complexity index is 526. The van der Waals surface area contributed by atoms with Crippen LogP contribution in [0.3, 0.4) is 0 Å². The molecule has 0 aromatic heterocycles. The van der Waals surface area contributed by atoms with E-state index in [0.717, 1.165) is 6.54 Å². The summed E-state index contributed by atoms with van der Waals surface area (Å²) in [5.41, 5.74) is 2.94. The van der Waals surface area contributed by atoms with Crippen LogP contribution in [0, 0.1) is 0 Å². The zero-order valence-corrected chi connectivity index (χ0v) is 13.4. The van der Waals surface area contributed by atoms with Crippen LogP contribution in [0.2, 0.25) is 0 Å². The van der Waals surface area contributed by atoms with E-state index in [9.17, 15) is 0 Å². The van der Waals surface area contributed by atoms with Crippen LogP contribution in [0.15, 0.2) is 60.7 Å². The van der Waals surface area contributed by atoms with E-state index in [1.165, 1.54) is 30.4 Å². The van der Waals surface area contributed by atoms with Crippen molar-refractivity contribution in [2.24, 2.45) is 0 Å². The molecule has 0 unspecified atom stereocenters. The Morgan fingerprint density at radius 3 is 2.14 bits per heavy atom. The second-order valence-corrected chi connectivity index (χ2v) is 5.68. The molecule has 0 aliphatic carbocycles. The summed E-state index contributed by atoms with van der Waals surface area (Å²) in [6.07, 6.45) is 3.77. The van der Waals surface area contributed by atoms with E-state index in [-0.39, 0.29) is 12.4 Å². The predicted octanol–water partition coefficient (Wildman–Crippen LogP) is 4.88. The van der Waals surface area contributed by atoms with Crippen molar-refractivity contribution in [3.8, 4) is 0 Å². The van der Waals surface area contributed by atoms with Gasteiger partial charge in [-0.3, -0.25) is 4.90 Å². The number of likely N-dealkylation sites (N-methyl/N-ethyl adjacent to an activating group) is 1. The molecule has 1 aliphatic heterocycles. The van der Waals surface area contributed by atoms with Crippen LogP contribution in [0.25, 0.3) is 0 Å². The molecule has 0 N–H and O–H groups in total. The molecule has 21 heavy (non-hydrogen) atoms. The Morgan fingerprint density at radius 2 is 1.52 bits per heavy atom. The highest BCUT2D eigenvalue weighted by molar-refractivity contribution is 5.85. The highest BCUT2D eigenvalue weighted by Gasteiger charge is 2.32. The van der Waals surface area contributed by atoms with Gasteiger partial charge in [0.1, 0.15) is 0 Å². The molecule has 0 saturated carbocycles. The number of hydrogen-bond acceptors (Lipinski definition) is 1. The standard InChI is InChI=1S/C19H23N.ClH/c1-2-20-18(15-16-9-5-3-6-10-16)13-14-19(20)17-11-7-4-8-12-17;/h3-12,18-19H,2,13-15H2,1H3;1H/t18-,19-;/m0./s1. The van der Waals surface area contributed by atoms with E-state index >= 15 is 0 Å². The lowest BCUT2D eigenvalue weighted by atomic mass is 10.0. The summed E-state index contributed by atoms with van der Waals surface area (Å²) in [5, 5.41) is 0. The summed E-state index contributed by atoms with van der Waals surface area (Å²) < 4.78 is 0. The van der Waals surface area contributed by atoms with Gasteiger partial charge in [0, 0.05) is 12.1 Å². The van der Waals surface area contributed by atoms with E-state index in [0.29, 0.717) is 12.1 Å². The Hall–Kier alpha value is -1.31. The van der Waals surface area contributed by atoms with Crippen molar-refractivity contribution < 1.29 is 0 Å². The average molecular weight is 302 g/mol. The minimum atomic E-state index is 0. The molecule has 0 amide bonds. The first-order valence-electron chi connectivity index (χ1n) is 7.73. The Balaban J connectivity index is 0.00000161. The predicted molar refractivity (Wildman–Crippen MR) is 92.0 cm³/mol. The molecule has 1 nitrogen and oxygen atoms in total. The number of nitrogens with zero attached hydrogens (tertiary/aromatic N) is 1. The van der Waals surface area contributed by atoms with Gasteiger partial charge < -0.3 is 0 Å². The van der Waals surface area contributed by atoms with Gasteiger partial charge >= 0.3 is 0 Å². The second-order valence-electron chi connectivity index (χ2n) is 5.68. The largest absolute Gasteiger partial charge is 0.293 e. The topological polar surface area (TPSA) is 3.24 Å². The summed E-state index contributed by atoms with van der Waals surface area (Å²) >= 11 is 0. The number of hydrogen-bond donors (Lipinski definition) is 0. The Labute approximate surface area is 134 Å². The van der Waals surface area contributed by atoms with Crippen LogP contribution in [0.5, 0.6) is 0 Å². The summed E-state index contributed by atoms with van der Waals surface area (Å²) in [7, 11) is 0. The first kappa shape index (κ1) is 16.1. The van der Waals surface area contributed by atoms with Crippen LogP contribution >= 0.6 is 12.4 Å². The summed E-state index contributed by atoms with van der Waals surface area (Å²) in [5.74, 6) is 0. The Kier molecular flexibility index (Phi) is 5.84. The average Bonchev–Trinajstić information content (AvgIpc) is 2.92. The fourth-order valence-electron chi connectivity index (χ4n) is 3.55. The SMILES string of the molecule is CCN1[C@H](Cc2ccccc2)CC[C@H]1c1ccccc1.Cl. The van der Waals surface area contributed by atoms with Crippen LogP contribution < -0.4 is 0 Å². The van der Waals surface area contributed by atoms with E-state index in [2.05, 4.69) is 72.5 Å². The number of rotatable bonds is 4. The maximum absolute atomic E-state index is 2.68. The van der Waals surface area contributed by atoms with E-state index < -0.39 is 0 Å². The third kappa shape index (κ3) is 3.66. The second kappa shape index (κ2) is 7.63. The molecular weight excluding hydrogens is 278 g/mol. The van der Waals surface area contributed by atoms with Gasteiger partial charge in [-0.25, -0.2) is 0 Å². The van der Waals surface area contributed by atoms with Gasteiger partial charge in [-0.05, 0) is 36.9 Å². The van der Waals surface area contributed by atoms with Crippen molar-refractivity contribution in [2.75, 3.05) is 6.54 Å². The highest BCUT2D eigenvalue weighted by Crippen LogP contribution is 2.36. The lowest BCUT2D eigenvalue weighted by Gasteiger charge is -2.29. The lowest BCUT2D eigenvalue weighted by Crippen LogP contribution is -2.32. The third-order valence-electron chi connectivity index (χ3n) is 4.51. The zero-order chi connectivity index (χ0) is 13.8. The number of likely N-dealkylation sites (tertiary alicyclic amines) is 1. The normalized spacial score (nSPS) is 22.0. The maximum Gasteiger partial charge on any atom is 0.0351 e. The van der Waals surface area contributed by atoms with Crippen LogP contribution in [-0.4, -0.2) is 17.5 Å². The highest BCUT2D eigenvalue weighted by atomic mass is 35.5. The van der Waals surface area contributed by atoms with Crippen molar-refractivity contribution in [3.63, 3.8) is 0 Å². The summed E-state index contributed by atoms with van der Waals surface area (Å²) in [6, 6.07) is 23.2. The molecule has 2 aromatic carbocycles. The molecule has 3 rings (SSSR count). The maximum atomic E-state index is 2.68. The fraction of sp³-hybridized carbons (Fsp3) is 0.368. The Morgan fingerprint density at radius 1 is 0.905 bits per heavy atom. The van der Waals surface area contributed by atoms with Crippen molar-refractivity contribution in [3.05, 3.63) is 71.8 Å². The van der Waals surface area contributed by atoms with Gasteiger partial charge in [0.25, 0.3) is 0 Å². The molecule has 1 heterocycles. The molecule has 0 spiro atoms. The van der Waals surface area contributed by atoms with Crippen molar-refractivity contribution in [1.82, 2.24) is 4.90 Å². The van der Waals surface area contributed by atoms with Crippen molar-refractivity contribution >= 4 is 12.4 Å². The van der Waals surface area contributed by atoms with E-state index in [1.807, 2.05) is 0 Å². The molecule has 1 aliphatic rings. The molecule has 0 bridgehead atoms. The molecule has 0 radical (unpaired) electrons. The number of halogens is 1. The molecule has 2 heteroatoms.